The smallest absolute Gasteiger partial charge is 0.264 e. The van der Waals surface area contributed by atoms with Crippen LogP contribution in [0.2, 0.25) is 117 Å². The number of rotatable bonds is 17. The van der Waals surface area contributed by atoms with Crippen molar-refractivity contribution in [3.05, 3.63) is 12.2 Å². The van der Waals surface area contributed by atoms with Crippen molar-refractivity contribution < 1.29 is 25.9 Å². The fourth-order valence-corrected chi connectivity index (χ4v) is 50.3. The highest BCUT2D eigenvalue weighted by atomic mass is 29.3. The predicted octanol–water partition coefficient (Wildman–Crippen LogP) is 9.05. The van der Waals surface area contributed by atoms with Crippen LogP contribution in [0.5, 0.6) is 0 Å². The second-order valence-corrected chi connectivity index (χ2v) is 54.5. The van der Waals surface area contributed by atoms with Gasteiger partial charge in [-0.25, -0.2) is 0 Å². The van der Waals surface area contributed by atoms with Gasteiger partial charge in [-0.2, -0.15) is 0 Å². The van der Waals surface area contributed by atoms with Crippen molar-refractivity contribution in [1.82, 2.24) is 0 Å². The van der Waals surface area contributed by atoms with Gasteiger partial charge in [-0.3, -0.25) is 0 Å². The first-order chi connectivity index (χ1) is 18.5. The van der Waals surface area contributed by atoms with E-state index in [1.807, 2.05) is 0 Å². The van der Waals surface area contributed by atoms with E-state index in [1.165, 1.54) is 0 Å². The molecule has 14 heteroatoms. The van der Waals surface area contributed by atoms with Gasteiger partial charge in [0.1, 0.15) is 5.91 Å². The van der Waals surface area contributed by atoms with E-state index in [0.29, 0.717) is 6.61 Å². The molecule has 250 valence electrons. The van der Waals surface area contributed by atoms with Gasteiger partial charge in [-0.05, 0) is 130 Å². The van der Waals surface area contributed by atoms with Crippen LogP contribution >= 0.6 is 0 Å². The molecule has 1 fully saturated rings. The standard InChI is InChI=1S/C28H70O6Si8/c1-20-23-35(29-25-26(2)3)42(27(30-36(4,5)6)31-37(7,8)9)24-21-22-28(32-42,40(16,17)33-38(10,11)12)41(18,19)34-39(13,14)15/h27,35H,2,20-25H2,1,3-19H3. The van der Waals surface area contributed by atoms with Gasteiger partial charge in [0.25, 0.3) is 7.83 Å². The molecule has 2 atom stereocenters. The minimum atomic E-state index is -2.81. The summed E-state index contributed by atoms with van der Waals surface area (Å²) in [5.41, 5.74) is 1.07. The molecular formula is C28H70O6Si8. The van der Waals surface area contributed by atoms with Crippen LogP contribution < -0.4 is 0 Å². The monoisotopic (exact) mass is 726 g/mol. The number of hydrogen-bond acceptors (Lipinski definition) is 6. The Morgan fingerprint density at radius 1 is 0.786 bits per heavy atom. The van der Waals surface area contributed by atoms with Crippen molar-refractivity contribution in [2.75, 3.05) is 6.61 Å². The Morgan fingerprint density at radius 2 is 1.21 bits per heavy atom. The Bertz CT molecular complexity index is 845. The van der Waals surface area contributed by atoms with Crippen LogP contribution in [0, 0.1) is 0 Å². The number of hydrogen-bond donors (Lipinski definition) is 0. The summed E-state index contributed by atoms with van der Waals surface area (Å²) in [4.78, 5) is -0.416. The van der Waals surface area contributed by atoms with Gasteiger partial charge in [0.05, 0.1) is 11.5 Å². The Kier molecular flexibility index (Phi) is 14.3. The Balaban J connectivity index is 4.18. The van der Waals surface area contributed by atoms with Crippen LogP contribution in [-0.2, 0) is 25.9 Å². The molecule has 0 bridgehead atoms. The molecule has 0 radical (unpaired) electrons. The molecule has 0 aromatic heterocycles. The van der Waals surface area contributed by atoms with Crippen molar-refractivity contribution in [3.63, 3.8) is 0 Å². The van der Waals surface area contributed by atoms with Crippen molar-refractivity contribution in [2.24, 2.45) is 0 Å². The zero-order chi connectivity index (χ0) is 33.2. The Labute approximate surface area is 270 Å². The molecule has 1 heterocycles. The lowest BCUT2D eigenvalue weighted by molar-refractivity contribution is 0.0169. The van der Waals surface area contributed by atoms with Crippen LogP contribution in [0.3, 0.4) is 0 Å². The molecule has 0 aliphatic carbocycles. The molecule has 0 spiro atoms. The molecular weight excluding hydrogens is 657 g/mol. The first-order valence-electron chi connectivity index (χ1n) is 16.2. The molecule has 1 aliphatic rings. The van der Waals surface area contributed by atoms with E-state index in [2.05, 4.69) is 125 Å². The molecule has 2 unspecified atom stereocenters. The van der Waals surface area contributed by atoms with Crippen molar-refractivity contribution in [3.8, 4) is 0 Å². The van der Waals surface area contributed by atoms with Crippen molar-refractivity contribution >= 4 is 66.3 Å². The van der Waals surface area contributed by atoms with E-state index in [0.717, 1.165) is 36.9 Å². The van der Waals surface area contributed by atoms with Gasteiger partial charge in [-0.1, -0.05) is 31.9 Å². The van der Waals surface area contributed by atoms with Crippen molar-refractivity contribution in [2.45, 2.75) is 161 Å². The summed E-state index contributed by atoms with van der Waals surface area (Å²) in [6, 6.07) is 2.08. The fourth-order valence-electron chi connectivity index (χ4n) is 6.69. The van der Waals surface area contributed by atoms with Gasteiger partial charge in [-0.15, -0.1) is 0 Å². The van der Waals surface area contributed by atoms with Gasteiger partial charge in [0, 0.05) is 0 Å². The topological polar surface area (TPSA) is 55.4 Å². The van der Waals surface area contributed by atoms with Crippen LogP contribution in [0.25, 0.3) is 0 Å². The zero-order valence-electron chi connectivity index (χ0n) is 31.1. The molecule has 6 nitrogen and oxygen atoms in total. The minimum absolute atomic E-state index is 0.322. The molecule has 1 saturated heterocycles. The van der Waals surface area contributed by atoms with Gasteiger partial charge >= 0.3 is 0 Å². The quantitative estimate of drug-likeness (QED) is 0.0848. The maximum absolute atomic E-state index is 8.24. The lowest BCUT2D eigenvalue weighted by atomic mass is 10.3. The normalized spacial score (nSPS) is 22.0. The van der Waals surface area contributed by atoms with Crippen LogP contribution in [0.4, 0.5) is 0 Å². The van der Waals surface area contributed by atoms with Gasteiger partial charge in [0.2, 0.25) is 25.2 Å². The third-order valence-electron chi connectivity index (χ3n) is 7.48. The van der Waals surface area contributed by atoms with E-state index in [-0.39, 0.29) is 5.91 Å². The molecule has 1 aliphatic heterocycles. The summed E-state index contributed by atoms with van der Waals surface area (Å²) < 4.78 is 44.3. The maximum Gasteiger partial charge on any atom is 0.264 e. The second kappa shape index (κ2) is 14.6. The zero-order valence-corrected chi connectivity index (χ0v) is 39.2. The third kappa shape index (κ3) is 11.8. The van der Waals surface area contributed by atoms with E-state index in [9.17, 15) is 0 Å². The fraction of sp³-hybridized carbons (Fsp3) is 0.929. The Morgan fingerprint density at radius 3 is 1.55 bits per heavy atom. The molecule has 1 rings (SSSR count). The van der Waals surface area contributed by atoms with Crippen LogP contribution in [0.15, 0.2) is 12.2 Å². The highest BCUT2D eigenvalue weighted by Crippen LogP contribution is 2.50. The predicted molar refractivity (Wildman–Crippen MR) is 203 cm³/mol. The molecule has 0 N–H and O–H groups in total. The SMILES string of the molecule is C=C(C)CO[SiH](CCC)[Si]1(C(O[Si](C)(C)C)O[Si](C)(C)C)CCCC([Si](C)(C)O[Si](C)(C)C)([Si](C)(C)O[Si](C)(C)C)O1. The van der Waals surface area contributed by atoms with Crippen molar-refractivity contribution in [1.29, 1.82) is 0 Å². The average molecular weight is 728 g/mol. The third-order valence-corrected chi connectivity index (χ3v) is 39.7. The highest BCUT2D eigenvalue weighted by molar-refractivity contribution is 7.29. The first-order valence-corrected chi connectivity index (χ1v) is 41.0. The van der Waals surface area contributed by atoms with E-state index in [1.54, 1.807) is 0 Å². The summed E-state index contributed by atoms with van der Waals surface area (Å²) in [6.45, 7) is 46.6. The lowest BCUT2D eigenvalue weighted by Gasteiger charge is -2.62. The van der Waals surface area contributed by atoms with Crippen LogP contribution in [0.1, 0.15) is 33.1 Å². The summed E-state index contributed by atoms with van der Waals surface area (Å²) in [7, 11) is -17.6. The summed E-state index contributed by atoms with van der Waals surface area (Å²) in [6.07, 6.45) is 3.16. The van der Waals surface area contributed by atoms with E-state index < -0.39 is 71.1 Å². The maximum atomic E-state index is 8.24. The Hall–Kier alpha value is 1.24. The molecule has 0 saturated carbocycles. The average Bonchev–Trinajstić information content (AvgIpc) is 2.70. The first kappa shape index (κ1) is 41.3. The summed E-state index contributed by atoms with van der Waals surface area (Å²) >= 11 is 0. The highest BCUT2D eigenvalue weighted by Gasteiger charge is 2.70. The van der Waals surface area contributed by atoms with Gasteiger partial charge in [0.15, 0.2) is 33.3 Å². The minimum Gasteiger partial charge on any atom is -0.454 e. The van der Waals surface area contributed by atoms with Crippen LogP contribution in [-0.4, -0.2) is 83.7 Å². The molecule has 0 aromatic rings. The molecule has 0 aromatic carbocycles. The van der Waals surface area contributed by atoms with Gasteiger partial charge < -0.3 is 25.9 Å². The summed E-state index contributed by atoms with van der Waals surface area (Å²) in [5, 5.41) is 0. The summed E-state index contributed by atoms with van der Waals surface area (Å²) in [5.74, 6) is -0.322. The van der Waals surface area contributed by atoms with E-state index >= 15 is 0 Å². The molecule has 0 amide bonds. The largest absolute Gasteiger partial charge is 0.454 e. The second-order valence-electron chi connectivity index (χ2n) is 17.5. The molecule has 42 heavy (non-hydrogen) atoms. The van der Waals surface area contributed by atoms with E-state index in [4.69, 9.17) is 25.9 Å². The lowest BCUT2D eigenvalue weighted by Crippen LogP contribution is -2.82.